The number of halogens is 1. The SMILES string of the molecule is O=C(c1ccccc1)C(O)c1ccc(CN(CC2CC2)C(=O)c2ccc(OCc3ccccc3F)cc2)cc1. The van der Waals surface area contributed by atoms with Crippen LogP contribution in [0.15, 0.2) is 103 Å². The van der Waals surface area contributed by atoms with Crippen molar-refractivity contribution in [2.24, 2.45) is 5.92 Å². The molecular weight excluding hydrogens is 493 g/mol. The maximum Gasteiger partial charge on any atom is 0.254 e. The van der Waals surface area contributed by atoms with E-state index in [1.165, 1.54) is 6.07 Å². The molecule has 5 rings (SSSR count). The third-order valence-corrected chi connectivity index (χ3v) is 6.89. The molecule has 0 heterocycles. The van der Waals surface area contributed by atoms with Gasteiger partial charge in [0.15, 0.2) is 5.78 Å². The van der Waals surface area contributed by atoms with Gasteiger partial charge in [-0.1, -0.05) is 72.8 Å². The molecule has 1 fully saturated rings. The molecule has 0 aromatic heterocycles. The highest BCUT2D eigenvalue weighted by Gasteiger charge is 2.27. The Morgan fingerprint density at radius 2 is 1.51 bits per heavy atom. The molecule has 198 valence electrons. The molecule has 0 bridgehead atoms. The maximum atomic E-state index is 13.8. The second kappa shape index (κ2) is 12.0. The van der Waals surface area contributed by atoms with Crippen LogP contribution in [0.1, 0.15) is 56.4 Å². The summed E-state index contributed by atoms with van der Waals surface area (Å²) in [5, 5.41) is 10.6. The molecule has 1 unspecified atom stereocenters. The summed E-state index contributed by atoms with van der Waals surface area (Å²) >= 11 is 0. The largest absolute Gasteiger partial charge is 0.489 e. The lowest BCUT2D eigenvalue weighted by Gasteiger charge is -2.23. The minimum absolute atomic E-state index is 0.0779. The summed E-state index contributed by atoms with van der Waals surface area (Å²) in [7, 11) is 0. The van der Waals surface area contributed by atoms with Gasteiger partial charge < -0.3 is 14.7 Å². The van der Waals surface area contributed by atoms with Crippen molar-refractivity contribution in [2.75, 3.05) is 6.54 Å². The van der Waals surface area contributed by atoms with Gasteiger partial charge >= 0.3 is 0 Å². The Hall–Kier alpha value is -4.29. The molecule has 5 nitrogen and oxygen atoms in total. The molecule has 6 heteroatoms. The third kappa shape index (κ3) is 6.78. The van der Waals surface area contributed by atoms with E-state index in [1.54, 1.807) is 78.9 Å². The van der Waals surface area contributed by atoms with Gasteiger partial charge in [-0.3, -0.25) is 9.59 Å². The van der Waals surface area contributed by atoms with Crippen LogP contribution in [0.5, 0.6) is 5.75 Å². The van der Waals surface area contributed by atoms with Crippen molar-refractivity contribution in [3.05, 3.63) is 137 Å². The zero-order valence-electron chi connectivity index (χ0n) is 21.5. The highest BCUT2D eigenvalue weighted by Crippen LogP contribution is 2.31. The number of Topliss-reactive ketones (excluding diaryl/α,β-unsaturated/α-hetero) is 1. The lowest BCUT2D eigenvalue weighted by atomic mass is 9.99. The van der Waals surface area contributed by atoms with Crippen LogP contribution in [0.3, 0.4) is 0 Å². The molecule has 4 aromatic carbocycles. The number of carbonyl (C=O) groups excluding carboxylic acids is 2. The zero-order valence-corrected chi connectivity index (χ0v) is 21.5. The van der Waals surface area contributed by atoms with Gasteiger partial charge in [0.1, 0.15) is 24.3 Å². The number of ketones is 1. The van der Waals surface area contributed by atoms with Crippen molar-refractivity contribution in [2.45, 2.75) is 32.1 Å². The molecule has 1 saturated carbocycles. The van der Waals surface area contributed by atoms with Crippen LogP contribution in [0.25, 0.3) is 0 Å². The summed E-state index contributed by atoms with van der Waals surface area (Å²) in [4.78, 5) is 27.9. The van der Waals surface area contributed by atoms with Crippen LogP contribution in [0, 0.1) is 11.7 Å². The number of nitrogens with zero attached hydrogens (tertiary/aromatic N) is 1. The van der Waals surface area contributed by atoms with Gasteiger partial charge in [0.25, 0.3) is 5.91 Å². The summed E-state index contributed by atoms with van der Waals surface area (Å²) in [6.45, 7) is 1.19. The normalized spacial score (nSPS) is 13.5. The minimum atomic E-state index is -1.25. The second-order valence-corrected chi connectivity index (χ2v) is 9.91. The van der Waals surface area contributed by atoms with Gasteiger partial charge in [0.05, 0.1) is 0 Å². The molecule has 0 aliphatic heterocycles. The molecule has 1 atom stereocenters. The number of benzene rings is 4. The highest BCUT2D eigenvalue weighted by atomic mass is 19.1. The number of ether oxygens (including phenoxy) is 1. The number of aliphatic hydroxyl groups is 1. The average molecular weight is 524 g/mol. The van der Waals surface area contributed by atoms with Gasteiger partial charge in [0, 0.05) is 29.8 Å². The Kier molecular flexibility index (Phi) is 8.13. The van der Waals surface area contributed by atoms with Crippen LogP contribution in [-0.4, -0.2) is 28.2 Å². The van der Waals surface area contributed by atoms with E-state index in [-0.39, 0.29) is 24.1 Å². The number of hydrogen-bond acceptors (Lipinski definition) is 4. The molecule has 39 heavy (non-hydrogen) atoms. The Morgan fingerprint density at radius 1 is 0.846 bits per heavy atom. The van der Waals surface area contributed by atoms with E-state index in [1.807, 2.05) is 23.1 Å². The predicted molar refractivity (Wildman–Crippen MR) is 147 cm³/mol. The van der Waals surface area contributed by atoms with Crippen LogP contribution in [0.2, 0.25) is 0 Å². The fourth-order valence-corrected chi connectivity index (χ4v) is 4.42. The maximum absolute atomic E-state index is 13.8. The molecule has 1 N–H and O–H groups in total. The molecule has 1 aliphatic rings. The summed E-state index contributed by atoms with van der Waals surface area (Å²) in [6, 6.07) is 29.3. The average Bonchev–Trinajstić information content (AvgIpc) is 3.80. The first kappa shape index (κ1) is 26.3. The van der Waals surface area contributed by atoms with E-state index in [2.05, 4.69) is 0 Å². The quantitative estimate of drug-likeness (QED) is 0.232. The fourth-order valence-electron chi connectivity index (χ4n) is 4.42. The fraction of sp³-hybridized carbons (Fsp3) is 0.212. The topological polar surface area (TPSA) is 66.8 Å². The van der Waals surface area contributed by atoms with Crippen molar-refractivity contribution in [3.8, 4) is 5.75 Å². The van der Waals surface area contributed by atoms with E-state index in [0.717, 1.165) is 18.4 Å². The predicted octanol–water partition coefficient (Wildman–Crippen LogP) is 6.37. The van der Waals surface area contributed by atoms with E-state index in [0.29, 0.717) is 47.0 Å². The van der Waals surface area contributed by atoms with E-state index < -0.39 is 6.10 Å². The number of rotatable bonds is 11. The van der Waals surface area contributed by atoms with Gasteiger partial charge in [-0.05, 0) is 60.2 Å². The molecule has 1 amide bonds. The Labute approximate surface area is 227 Å². The lowest BCUT2D eigenvalue weighted by Crippen LogP contribution is -2.32. The van der Waals surface area contributed by atoms with Crippen molar-refractivity contribution in [1.29, 1.82) is 0 Å². The van der Waals surface area contributed by atoms with Gasteiger partial charge in [-0.2, -0.15) is 0 Å². The van der Waals surface area contributed by atoms with Gasteiger partial charge in [-0.15, -0.1) is 0 Å². The van der Waals surface area contributed by atoms with Gasteiger partial charge in [-0.25, -0.2) is 4.39 Å². The molecule has 0 spiro atoms. The minimum Gasteiger partial charge on any atom is -0.489 e. The van der Waals surface area contributed by atoms with Crippen molar-refractivity contribution < 1.29 is 23.8 Å². The molecular formula is C33H30FNO4. The molecule has 0 radical (unpaired) electrons. The Morgan fingerprint density at radius 3 is 2.18 bits per heavy atom. The van der Waals surface area contributed by atoms with Crippen LogP contribution < -0.4 is 4.74 Å². The number of carbonyl (C=O) groups is 2. The summed E-state index contributed by atoms with van der Waals surface area (Å²) < 4.78 is 19.6. The van der Waals surface area contributed by atoms with Crippen molar-refractivity contribution >= 4 is 11.7 Å². The number of aliphatic hydroxyl groups excluding tert-OH is 1. The Bertz CT molecular complexity index is 1420. The van der Waals surface area contributed by atoms with Crippen LogP contribution in [0.4, 0.5) is 4.39 Å². The number of hydrogen-bond donors (Lipinski definition) is 1. The van der Waals surface area contributed by atoms with E-state index in [4.69, 9.17) is 4.74 Å². The lowest BCUT2D eigenvalue weighted by molar-refractivity contribution is 0.0734. The first-order valence-electron chi connectivity index (χ1n) is 13.1. The monoisotopic (exact) mass is 523 g/mol. The van der Waals surface area contributed by atoms with Crippen molar-refractivity contribution in [3.63, 3.8) is 0 Å². The van der Waals surface area contributed by atoms with Crippen LogP contribution in [-0.2, 0) is 13.2 Å². The van der Waals surface area contributed by atoms with Crippen molar-refractivity contribution in [1.82, 2.24) is 4.90 Å². The standard InChI is InChI=1S/C33H30FNO4/c34-30-9-5-4-8-28(30)22-39-29-18-16-27(17-19-29)33(38)35(20-23-10-11-23)21-24-12-14-26(15-13-24)32(37)31(36)25-6-2-1-3-7-25/h1-9,12-19,23,32,37H,10-11,20-22H2. The summed E-state index contributed by atoms with van der Waals surface area (Å²) in [5.74, 6) is 0.316. The Balaban J connectivity index is 1.23. The molecule has 1 aliphatic carbocycles. The molecule has 4 aromatic rings. The smallest absolute Gasteiger partial charge is 0.254 e. The van der Waals surface area contributed by atoms with Crippen LogP contribution >= 0.6 is 0 Å². The first-order chi connectivity index (χ1) is 19.0. The molecule has 0 saturated heterocycles. The highest BCUT2D eigenvalue weighted by molar-refractivity contribution is 5.99. The third-order valence-electron chi connectivity index (χ3n) is 6.89. The van der Waals surface area contributed by atoms with E-state index >= 15 is 0 Å². The second-order valence-electron chi connectivity index (χ2n) is 9.91. The summed E-state index contributed by atoms with van der Waals surface area (Å²) in [5.41, 5.74) is 2.90. The zero-order chi connectivity index (χ0) is 27.2. The number of amides is 1. The first-order valence-corrected chi connectivity index (χ1v) is 13.1. The summed E-state index contributed by atoms with van der Waals surface area (Å²) in [6.07, 6.45) is 0.975. The van der Waals surface area contributed by atoms with E-state index in [9.17, 15) is 19.1 Å². The van der Waals surface area contributed by atoms with Gasteiger partial charge in [0.2, 0.25) is 0 Å².